The van der Waals surface area contributed by atoms with E-state index in [1.165, 1.54) is 6.20 Å². The van der Waals surface area contributed by atoms with Crippen LogP contribution in [0.3, 0.4) is 0 Å². The Morgan fingerprint density at radius 1 is 0.638 bits per heavy atom. The molecule has 7 aromatic rings. The van der Waals surface area contributed by atoms with E-state index in [4.69, 9.17) is 14.2 Å². The minimum Gasteiger partial charge on any atom is -0.358 e. The normalized spacial score (nSPS) is 19.3. The number of nitrogens with one attached hydrogen (secondary N) is 1. The third-order valence-corrected chi connectivity index (χ3v) is 10.6. The molecule has 8 rings (SSSR count). The summed E-state index contributed by atoms with van der Waals surface area (Å²) in [5.41, 5.74) is 7.48. The summed E-state index contributed by atoms with van der Waals surface area (Å²) in [5, 5.41) is 4.03. The van der Waals surface area contributed by atoms with Crippen LogP contribution in [0.5, 0.6) is 0 Å². The van der Waals surface area contributed by atoms with E-state index in [-0.39, 0.29) is 0 Å². The first-order valence-corrected chi connectivity index (χ1v) is 18.8. The van der Waals surface area contributed by atoms with E-state index in [1.54, 1.807) is 0 Å². The van der Waals surface area contributed by atoms with Gasteiger partial charge in [-0.2, -0.15) is 0 Å². The highest BCUT2D eigenvalue weighted by molar-refractivity contribution is 5.49. The Hall–Kier alpha value is -6.88. The molecular weight excluding hydrogens is 734 g/mol. The van der Waals surface area contributed by atoms with Gasteiger partial charge in [-0.05, 0) is 38.9 Å². The van der Waals surface area contributed by atoms with Gasteiger partial charge in [-0.3, -0.25) is 14.3 Å². The molecule has 1 aliphatic heterocycles. The molecule has 1 N–H and O–H groups in total. The molecule has 6 aromatic carbocycles. The number of azide groups is 1. The van der Waals surface area contributed by atoms with Crippen molar-refractivity contribution in [2.45, 2.75) is 35.4 Å². The van der Waals surface area contributed by atoms with Crippen LogP contribution in [0.4, 0.5) is 4.39 Å². The molecule has 0 saturated carbocycles. The van der Waals surface area contributed by atoms with Crippen LogP contribution in [-0.2, 0) is 25.4 Å². The van der Waals surface area contributed by atoms with Crippen LogP contribution in [0, 0.1) is 0 Å². The Labute approximate surface area is 333 Å². The van der Waals surface area contributed by atoms with E-state index in [0.717, 1.165) is 10.6 Å². The van der Waals surface area contributed by atoms with Crippen molar-refractivity contribution in [3.8, 4) is 0 Å². The Kier molecular flexibility index (Phi) is 10.7. The zero-order valence-corrected chi connectivity index (χ0v) is 31.1. The van der Waals surface area contributed by atoms with E-state index in [9.17, 15) is 15.1 Å². The van der Waals surface area contributed by atoms with Crippen LogP contribution in [-0.4, -0.2) is 34.2 Å². The van der Waals surface area contributed by atoms with Gasteiger partial charge in [0.1, 0.15) is 17.3 Å². The fraction of sp³-hybridized carbons (Fsp3) is 0.149. The molecule has 0 spiro atoms. The summed E-state index contributed by atoms with van der Waals surface area (Å²) < 4.78 is 40.2. The zero-order valence-electron chi connectivity index (χ0n) is 31.1. The van der Waals surface area contributed by atoms with Crippen LogP contribution in [0.2, 0.25) is 0 Å². The fourth-order valence-electron chi connectivity index (χ4n) is 7.91. The Bertz CT molecular complexity index is 2420. The first-order valence-electron chi connectivity index (χ1n) is 18.8. The lowest BCUT2D eigenvalue weighted by molar-refractivity contribution is -0.153. The van der Waals surface area contributed by atoms with Gasteiger partial charge < -0.3 is 14.2 Å². The van der Waals surface area contributed by atoms with E-state index >= 15 is 4.39 Å². The lowest BCUT2D eigenvalue weighted by atomic mass is 9.79. The van der Waals surface area contributed by atoms with Gasteiger partial charge in [-0.1, -0.05) is 187 Å². The van der Waals surface area contributed by atoms with Crippen molar-refractivity contribution in [3.05, 3.63) is 259 Å². The standard InChI is InChI=1S/C47H38FN5O5/c48-42-41(57-47(37-25-13-4-14-26-37,38-27-15-5-16-28-38)39-29-17-6-18-30-39)43(53-32-31-40(54)50-44(53)55)58-45(42,51-52-49)33-56-46(34-19-7-1-8-20-34,35-21-9-2-10-22-35)36-23-11-3-12-24-36/h1-32,41-43H,33H2,(H,50,54,55)/t41-,42-,43-,45-/m1/s1. The number of halogens is 1. The third-order valence-electron chi connectivity index (χ3n) is 10.6. The van der Waals surface area contributed by atoms with Crippen molar-refractivity contribution in [1.29, 1.82) is 0 Å². The molecule has 288 valence electrons. The topological polar surface area (TPSA) is 131 Å². The SMILES string of the molecule is [N-]=[N+]=N[C@]1(COC(c2ccccc2)(c2ccccc2)c2ccccc2)O[C@@H](n2ccc(=O)[nH]c2=O)[C@H](OC(c2ccccc2)(c2ccccc2)c2ccccc2)[C@H]1F. The predicted molar refractivity (Wildman–Crippen MR) is 217 cm³/mol. The number of hydrogen-bond donors (Lipinski definition) is 1. The van der Waals surface area contributed by atoms with Gasteiger partial charge in [-0.15, -0.1) is 0 Å². The molecule has 58 heavy (non-hydrogen) atoms. The Morgan fingerprint density at radius 2 is 1.02 bits per heavy atom. The second-order valence-corrected chi connectivity index (χ2v) is 13.9. The number of rotatable bonds is 13. The molecule has 1 aromatic heterocycles. The van der Waals surface area contributed by atoms with E-state index < -0.39 is 53.3 Å². The van der Waals surface area contributed by atoms with E-state index in [2.05, 4.69) is 15.0 Å². The number of nitrogens with zero attached hydrogens (tertiary/aromatic N) is 4. The summed E-state index contributed by atoms with van der Waals surface area (Å²) in [6, 6.07) is 57.5. The van der Waals surface area contributed by atoms with Crippen molar-refractivity contribution in [2.75, 3.05) is 6.61 Å². The van der Waals surface area contributed by atoms with Gasteiger partial charge in [-0.25, -0.2) is 9.18 Å². The molecule has 0 bridgehead atoms. The van der Waals surface area contributed by atoms with Gasteiger partial charge in [0.05, 0.1) is 6.61 Å². The molecule has 11 heteroatoms. The summed E-state index contributed by atoms with van der Waals surface area (Å²) in [7, 11) is 0. The summed E-state index contributed by atoms with van der Waals surface area (Å²) >= 11 is 0. The fourth-order valence-corrected chi connectivity index (χ4v) is 7.91. The van der Waals surface area contributed by atoms with Crippen molar-refractivity contribution in [3.63, 3.8) is 0 Å². The highest BCUT2D eigenvalue weighted by Crippen LogP contribution is 2.50. The van der Waals surface area contributed by atoms with Gasteiger partial charge in [0.15, 0.2) is 12.4 Å². The molecule has 2 heterocycles. The third kappa shape index (κ3) is 6.82. The van der Waals surface area contributed by atoms with Crippen LogP contribution in [0.1, 0.15) is 39.6 Å². The number of hydrogen-bond acceptors (Lipinski definition) is 6. The first kappa shape index (κ1) is 38.0. The van der Waals surface area contributed by atoms with Crippen LogP contribution < -0.4 is 11.2 Å². The molecule has 0 amide bonds. The smallest absolute Gasteiger partial charge is 0.330 e. The molecule has 1 aliphatic rings. The average molecular weight is 772 g/mol. The number of aromatic nitrogens is 2. The second-order valence-electron chi connectivity index (χ2n) is 13.9. The van der Waals surface area contributed by atoms with Crippen molar-refractivity contribution < 1.29 is 18.6 Å². The number of ether oxygens (including phenoxy) is 3. The summed E-state index contributed by atoms with van der Waals surface area (Å²) in [4.78, 5) is 31.3. The van der Waals surface area contributed by atoms with Gasteiger partial charge in [0.2, 0.25) is 5.72 Å². The minimum absolute atomic E-state index is 0.639. The zero-order chi connectivity index (χ0) is 40.0. The molecule has 10 nitrogen and oxygen atoms in total. The maximum atomic E-state index is 18.3. The molecule has 0 aliphatic carbocycles. The van der Waals surface area contributed by atoms with Crippen LogP contribution in [0.25, 0.3) is 10.4 Å². The van der Waals surface area contributed by atoms with Crippen LogP contribution >= 0.6 is 0 Å². The number of benzene rings is 6. The van der Waals surface area contributed by atoms with Gasteiger partial charge in [0.25, 0.3) is 5.56 Å². The lowest BCUT2D eigenvalue weighted by Gasteiger charge is -2.40. The largest absolute Gasteiger partial charge is 0.358 e. The molecule has 0 unspecified atom stereocenters. The van der Waals surface area contributed by atoms with Crippen LogP contribution in [0.15, 0.2) is 209 Å². The minimum atomic E-state index is -2.42. The number of alkyl halides is 1. The Morgan fingerprint density at radius 3 is 1.38 bits per heavy atom. The highest BCUT2D eigenvalue weighted by atomic mass is 19.1. The molecular formula is C47H38FN5O5. The second kappa shape index (κ2) is 16.3. The van der Waals surface area contributed by atoms with Crippen molar-refractivity contribution in [2.24, 2.45) is 5.11 Å². The summed E-state index contributed by atoms with van der Waals surface area (Å²) in [5.74, 6) is 0. The predicted octanol–water partition coefficient (Wildman–Crippen LogP) is 8.80. The number of aromatic amines is 1. The monoisotopic (exact) mass is 771 g/mol. The van der Waals surface area contributed by atoms with Gasteiger partial charge >= 0.3 is 5.69 Å². The van der Waals surface area contributed by atoms with E-state index in [1.807, 2.05) is 182 Å². The maximum absolute atomic E-state index is 18.3. The van der Waals surface area contributed by atoms with Gasteiger partial charge in [0, 0.05) is 17.2 Å². The molecule has 0 radical (unpaired) electrons. The maximum Gasteiger partial charge on any atom is 0.330 e. The quantitative estimate of drug-likeness (QED) is 0.0542. The summed E-state index contributed by atoms with van der Waals surface area (Å²) in [6.07, 6.45) is -4.29. The average Bonchev–Trinajstić information content (AvgIpc) is 3.54. The molecule has 1 saturated heterocycles. The highest BCUT2D eigenvalue weighted by Gasteiger charge is 2.61. The van der Waals surface area contributed by atoms with Crippen molar-refractivity contribution in [1.82, 2.24) is 9.55 Å². The van der Waals surface area contributed by atoms with Crippen molar-refractivity contribution >= 4 is 0 Å². The van der Waals surface area contributed by atoms with E-state index in [0.29, 0.717) is 33.4 Å². The number of H-pyrrole nitrogens is 1. The Balaban J connectivity index is 1.33. The molecule has 1 fully saturated rings. The lowest BCUT2D eigenvalue weighted by Crippen LogP contribution is -2.48. The first-order chi connectivity index (χ1) is 28.4. The molecule has 4 atom stereocenters. The summed E-state index contributed by atoms with van der Waals surface area (Å²) in [6.45, 7) is -0.639.